The first-order valence-electron chi connectivity index (χ1n) is 6.00. The van der Waals surface area contributed by atoms with Crippen LogP contribution in [-0.2, 0) is 4.79 Å². The third-order valence-electron chi connectivity index (χ3n) is 2.55. The molecule has 0 saturated carbocycles. The molecule has 0 unspecified atom stereocenters. The zero-order chi connectivity index (χ0) is 14.4. The van der Waals surface area contributed by atoms with Gasteiger partial charge in [-0.3, -0.25) is 4.79 Å². The molecule has 0 fully saturated rings. The lowest BCUT2D eigenvalue weighted by atomic mass is 10.3. The number of halogens is 1. The van der Waals surface area contributed by atoms with Gasteiger partial charge in [-0.1, -0.05) is 18.2 Å². The summed E-state index contributed by atoms with van der Waals surface area (Å²) in [5, 5.41) is 2.60. The molecular formula is C15H14FNO3. The van der Waals surface area contributed by atoms with Crippen LogP contribution in [0.5, 0.6) is 11.5 Å². The Morgan fingerprint density at radius 1 is 1.20 bits per heavy atom. The van der Waals surface area contributed by atoms with E-state index in [0.29, 0.717) is 11.4 Å². The Morgan fingerprint density at radius 2 is 1.95 bits per heavy atom. The molecule has 0 aliphatic rings. The lowest BCUT2D eigenvalue weighted by molar-refractivity contribution is -0.118. The number of carbonyl (C=O) groups excluding carboxylic acids is 1. The average molecular weight is 275 g/mol. The predicted molar refractivity (Wildman–Crippen MR) is 73.5 cm³/mol. The molecule has 1 N–H and O–H groups in total. The molecule has 0 aliphatic heterocycles. The molecule has 2 aromatic carbocycles. The predicted octanol–water partition coefficient (Wildman–Crippen LogP) is 2.85. The fourth-order valence-corrected chi connectivity index (χ4v) is 1.62. The quantitative estimate of drug-likeness (QED) is 0.912. The Bertz CT molecular complexity index is 587. The number of methoxy groups -OCH3 is 1. The van der Waals surface area contributed by atoms with Gasteiger partial charge in [-0.05, 0) is 24.3 Å². The van der Waals surface area contributed by atoms with E-state index in [1.807, 2.05) is 18.2 Å². The van der Waals surface area contributed by atoms with Crippen molar-refractivity contribution in [2.45, 2.75) is 0 Å². The monoisotopic (exact) mass is 275 g/mol. The summed E-state index contributed by atoms with van der Waals surface area (Å²) in [6, 6.07) is 12.9. The molecule has 0 saturated heterocycles. The number of ether oxygens (including phenoxy) is 2. The van der Waals surface area contributed by atoms with Crippen LogP contribution in [0.1, 0.15) is 0 Å². The van der Waals surface area contributed by atoms with Crippen molar-refractivity contribution in [1.29, 1.82) is 0 Å². The maximum Gasteiger partial charge on any atom is 0.262 e. The van der Waals surface area contributed by atoms with E-state index < -0.39 is 5.82 Å². The molecule has 104 valence electrons. The van der Waals surface area contributed by atoms with Crippen LogP contribution in [0.2, 0.25) is 0 Å². The Labute approximate surface area is 116 Å². The molecule has 20 heavy (non-hydrogen) atoms. The Kier molecular flexibility index (Phi) is 4.55. The van der Waals surface area contributed by atoms with E-state index in [0.717, 1.165) is 0 Å². The lowest BCUT2D eigenvalue weighted by Gasteiger charge is -2.10. The summed E-state index contributed by atoms with van der Waals surface area (Å²) in [7, 11) is 1.41. The number of benzene rings is 2. The van der Waals surface area contributed by atoms with E-state index in [-0.39, 0.29) is 18.3 Å². The van der Waals surface area contributed by atoms with Gasteiger partial charge in [0.15, 0.2) is 6.61 Å². The van der Waals surface area contributed by atoms with E-state index in [9.17, 15) is 9.18 Å². The minimum Gasteiger partial charge on any atom is -0.494 e. The van der Waals surface area contributed by atoms with Gasteiger partial charge in [-0.15, -0.1) is 0 Å². The molecule has 2 aromatic rings. The molecule has 0 heterocycles. The Morgan fingerprint density at radius 3 is 2.65 bits per heavy atom. The Balaban J connectivity index is 1.95. The first-order valence-corrected chi connectivity index (χ1v) is 6.00. The molecule has 0 atom stereocenters. The third kappa shape index (κ3) is 3.71. The summed E-state index contributed by atoms with van der Waals surface area (Å²) in [4.78, 5) is 11.8. The van der Waals surface area contributed by atoms with Crippen LogP contribution in [0.3, 0.4) is 0 Å². The van der Waals surface area contributed by atoms with Crippen LogP contribution in [0, 0.1) is 5.82 Å². The minimum atomic E-state index is -0.430. The molecular weight excluding hydrogens is 261 g/mol. The highest BCUT2D eigenvalue weighted by Crippen LogP contribution is 2.24. The number of hydrogen-bond acceptors (Lipinski definition) is 3. The van der Waals surface area contributed by atoms with Crippen molar-refractivity contribution in [3.63, 3.8) is 0 Å². The number of nitrogens with one attached hydrogen (secondary N) is 1. The van der Waals surface area contributed by atoms with Gasteiger partial charge >= 0.3 is 0 Å². The number of amides is 1. The smallest absolute Gasteiger partial charge is 0.262 e. The number of hydrogen-bond donors (Lipinski definition) is 1. The largest absolute Gasteiger partial charge is 0.494 e. The molecule has 0 aromatic heterocycles. The number of carbonyl (C=O) groups is 1. The van der Waals surface area contributed by atoms with E-state index in [1.165, 1.54) is 25.3 Å². The fourth-order valence-electron chi connectivity index (χ4n) is 1.62. The van der Waals surface area contributed by atoms with Gasteiger partial charge < -0.3 is 14.8 Å². The molecule has 0 bridgehead atoms. The van der Waals surface area contributed by atoms with Crippen LogP contribution in [0.15, 0.2) is 48.5 Å². The van der Waals surface area contributed by atoms with Crippen molar-refractivity contribution in [3.05, 3.63) is 54.3 Å². The zero-order valence-corrected chi connectivity index (χ0v) is 10.9. The van der Waals surface area contributed by atoms with Crippen LogP contribution in [-0.4, -0.2) is 19.6 Å². The van der Waals surface area contributed by atoms with Crippen molar-refractivity contribution in [2.24, 2.45) is 0 Å². The second-order valence-corrected chi connectivity index (χ2v) is 3.99. The summed E-state index contributed by atoms with van der Waals surface area (Å²) in [5.41, 5.74) is 0.399. The van der Waals surface area contributed by atoms with Crippen LogP contribution in [0.25, 0.3) is 0 Å². The molecule has 0 aliphatic carbocycles. The zero-order valence-electron chi connectivity index (χ0n) is 10.9. The van der Waals surface area contributed by atoms with E-state index in [2.05, 4.69) is 5.32 Å². The van der Waals surface area contributed by atoms with Gasteiger partial charge in [0.1, 0.15) is 17.3 Å². The highest BCUT2D eigenvalue weighted by molar-refractivity contribution is 5.93. The summed E-state index contributed by atoms with van der Waals surface area (Å²) in [6.07, 6.45) is 0. The van der Waals surface area contributed by atoms with Gasteiger partial charge in [0.2, 0.25) is 0 Å². The standard InChI is InChI=1S/C15H14FNO3/c1-19-14-9-11(16)7-8-13(14)17-15(18)10-20-12-5-3-2-4-6-12/h2-9H,10H2,1H3,(H,17,18). The molecule has 0 spiro atoms. The number of anilines is 1. The third-order valence-corrected chi connectivity index (χ3v) is 2.55. The maximum absolute atomic E-state index is 13.0. The average Bonchev–Trinajstić information content (AvgIpc) is 2.48. The van der Waals surface area contributed by atoms with Crippen LogP contribution in [0.4, 0.5) is 10.1 Å². The van der Waals surface area contributed by atoms with Crippen LogP contribution < -0.4 is 14.8 Å². The van der Waals surface area contributed by atoms with Crippen molar-refractivity contribution >= 4 is 11.6 Å². The van der Waals surface area contributed by atoms with Gasteiger partial charge in [-0.2, -0.15) is 0 Å². The lowest BCUT2D eigenvalue weighted by Crippen LogP contribution is -2.20. The number of para-hydroxylation sites is 1. The molecule has 4 nitrogen and oxygen atoms in total. The highest BCUT2D eigenvalue weighted by atomic mass is 19.1. The fraction of sp³-hybridized carbons (Fsp3) is 0.133. The van der Waals surface area contributed by atoms with Crippen LogP contribution >= 0.6 is 0 Å². The molecule has 5 heteroatoms. The first-order chi connectivity index (χ1) is 9.69. The van der Waals surface area contributed by atoms with Crippen molar-refractivity contribution in [3.8, 4) is 11.5 Å². The molecule has 1 amide bonds. The van der Waals surface area contributed by atoms with Crippen molar-refractivity contribution in [1.82, 2.24) is 0 Å². The minimum absolute atomic E-state index is 0.134. The first kappa shape index (κ1) is 13.9. The second-order valence-electron chi connectivity index (χ2n) is 3.99. The SMILES string of the molecule is COc1cc(F)ccc1NC(=O)COc1ccccc1. The van der Waals surface area contributed by atoms with Gasteiger partial charge in [-0.25, -0.2) is 4.39 Å². The summed E-state index contributed by atoms with van der Waals surface area (Å²) < 4.78 is 23.3. The Hall–Kier alpha value is -2.56. The topological polar surface area (TPSA) is 47.6 Å². The van der Waals surface area contributed by atoms with Gasteiger partial charge in [0.25, 0.3) is 5.91 Å². The summed E-state index contributed by atoms with van der Waals surface area (Å²) >= 11 is 0. The molecule has 0 radical (unpaired) electrons. The van der Waals surface area contributed by atoms with E-state index in [4.69, 9.17) is 9.47 Å². The summed E-state index contributed by atoms with van der Waals surface area (Å²) in [5.74, 6) is 0.0888. The van der Waals surface area contributed by atoms with Crippen molar-refractivity contribution < 1.29 is 18.7 Å². The maximum atomic E-state index is 13.0. The van der Waals surface area contributed by atoms with Gasteiger partial charge in [0, 0.05) is 6.07 Å². The van der Waals surface area contributed by atoms with Crippen molar-refractivity contribution in [2.75, 3.05) is 19.0 Å². The van der Waals surface area contributed by atoms with E-state index >= 15 is 0 Å². The number of rotatable bonds is 5. The highest BCUT2D eigenvalue weighted by Gasteiger charge is 2.09. The second kappa shape index (κ2) is 6.56. The van der Waals surface area contributed by atoms with E-state index in [1.54, 1.807) is 12.1 Å². The normalized spacial score (nSPS) is 9.90. The summed E-state index contributed by atoms with van der Waals surface area (Å²) in [6.45, 7) is -0.134. The van der Waals surface area contributed by atoms with Gasteiger partial charge in [0.05, 0.1) is 12.8 Å². The molecule has 2 rings (SSSR count).